The second kappa shape index (κ2) is 4.90. The molecule has 0 saturated carbocycles. The van der Waals surface area contributed by atoms with E-state index in [-0.39, 0.29) is 17.5 Å². The molecule has 0 saturated heterocycles. The quantitative estimate of drug-likeness (QED) is 0.653. The summed E-state index contributed by atoms with van der Waals surface area (Å²) in [6.45, 7) is 1.67. The van der Waals surface area contributed by atoms with Crippen molar-refractivity contribution in [3.05, 3.63) is 29.8 Å². The van der Waals surface area contributed by atoms with E-state index in [1.165, 1.54) is 12.1 Å². The van der Waals surface area contributed by atoms with Gasteiger partial charge in [-0.05, 0) is 30.7 Å². The van der Waals surface area contributed by atoms with Crippen LogP contribution in [0.2, 0.25) is 0 Å². The lowest BCUT2D eigenvalue weighted by Gasteiger charge is -2.12. The van der Waals surface area contributed by atoms with Gasteiger partial charge in [-0.2, -0.15) is 0 Å². The Balaban J connectivity index is 3.24. The zero-order valence-electron chi connectivity index (χ0n) is 8.01. The Morgan fingerprint density at radius 2 is 2.13 bits per heavy atom. The van der Waals surface area contributed by atoms with E-state index in [0.717, 1.165) is 0 Å². The first kappa shape index (κ1) is 12.4. The second-order valence-corrected chi connectivity index (χ2v) is 4.85. The van der Waals surface area contributed by atoms with Crippen LogP contribution in [0.15, 0.2) is 24.3 Å². The molecule has 15 heavy (non-hydrogen) atoms. The first-order valence-corrected chi connectivity index (χ1v) is 6.21. The molecule has 0 spiro atoms. The Hall–Kier alpha value is -0.670. The van der Waals surface area contributed by atoms with Crippen molar-refractivity contribution in [1.82, 2.24) is 0 Å². The van der Waals surface area contributed by atoms with Crippen molar-refractivity contribution in [2.75, 3.05) is 6.61 Å². The first-order chi connectivity index (χ1) is 6.99. The van der Waals surface area contributed by atoms with Crippen molar-refractivity contribution in [2.45, 2.75) is 6.92 Å². The Morgan fingerprint density at radius 1 is 1.53 bits per heavy atom. The minimum Gasteiger partial charge on any atom is -0.321 e. The van der Waals surface area contributed by atoms with E-state index in [0.29, 0.717) is 0 Å². The van der Waals surface area contributed by atoms with Crippen molar-refractivity contribution in [3.63, 3.8) is 0 Å². The monoisotopic (exact) mass is 248 g/mol. The third-order valence-electron chi connectivity index (χ3n) is 1.72. The maximum Gasteiger partial charge on any atom is 0.359 e. The number of benzene rings is 1. The van der Waals surface area contributed by atoms with Crippen LogP contribution < -0.4 is 5.30 Å². The molecule has 1 N–H and O–H groups in total. The van der Waals surface area contributed by atoms with Crippen LogP contribution >= 0.6 is 19.2 Å². The predicted molar refractivity (Wildman–Crippen MR) is 57.7 cm³/mol. The lowest BCUT2D eigenvalue weighted by atomic mass is 10.2. The molecule has 1 unspecified atom stereocenters. The fourth-order valence-corrected chi connectivity index (χ4v) is 2.61. The molecule has 0 aliphatic heterocycles. The Bertz CT molecular complexity index is 418. The molecule has 0 bridgehead atoms. The van der Waals surface area contributed by atoms with E-state index in [1.807, 2.05) is 0 Å². The van der Waals surface area contributed by atoms with E-state index >= 15 is 0 Å². The lowest BCUT2D eigenvalue weighted by molar-refractivity contribution is 0.108. The average molecular weight is 249 g/mol. The van der Waals surface area contributed by atoms with Crippen LogP contribution in [0.5, 0.6) is 0 Å². The van der Waals surface area contributed by atoms with Gasteiger partial charge in [-0.3, -0.25) is 9.36 Å². The van der Waals surface area contributed by atoms with Crippen molar-refractivity contribution in [1.29, 1.82) is 0 Å². The molecule has 1 rings (SSSR count). The summed E-state index contributed by atoms with van der Waals surface area (Å²) >= 11 is 5.29. The molecular formula is C9H10ClO4P. The second-order valence-electron chi connectivity index (χ2n) is 2.73. The predicted octanol–water partition coefficient (Wildman–Crippen LogP) is 1.91. The van der Waals surface area contributed by atoms with Crippen molar-refractivity contribution in [3.8, 4) is 0 Å². The molecule has 0 aromatic heterocycles. The third-order valence-corrected chi connectivity index (χ3v) is 3.53. The van der Waals surface area contributed by atoms with Crippen LogP contribution in [0.4, 0.5) is 0 Å². The minimum absolute atomic E-state index is 0.00144. The zero-order valence-corrected chi connectivity index (χ0v) is 9.66. The van der Waals surface area contributed by atoms with Crippen LogP contribution in [-0.2, 0) is 9.09 Å². The van der Waals surface area contributed by atoms with Crippen LogP contribution in [0.1, 0.15) is 17.3 Å². The van der Waals surface area contributed by atoms with Crippen molar-refractivity contribution < 1.29 is 18.8 Å². The highest BCUT2D eigenvalue weighted by Gasteiger charge is 2.27. The number of rotatable bonds is 4. The molecule has 0 heterocycles. The summed E-state index contributed by atoms with van der Waals surface area (Å²) in [5.74, 6) is 0. The summed E-state index contributed by atoms with van der Waals surface area (Å²) in [5, 5.41) is -0.841. The molecule has 1 aromatic carbocycles. The summed E-state index contributed by atoms with van der Waals surface area (Å²) < 4.78 is 16.4. The SMILES string of the molecule is CCOP(=O)(O)c1ccccc1C(=O)Cl. The summed E-state index contributed by atoms with van der Waals surface area (Å²) in [4.78, 5) is 20.5. The van der Waals surface area contributed by atoms with Crippen LogP contribution in [-0.4, -0.2) is 16.7 Å². The standard InChI is InChI=1S/C9H10ClO4P/c1-2-14-15(12,13)8-6-4-3-5-7(8)9(10)11/h3-6H,2H2,1H3,(H,12,13). The summed E-state index contributed by atoms with van der Waals surface area (Å²) in [6, 6.07) is 5.84. The molecule has 1 aromatic rings. The maximum atomic E-state index is 11.7. The molecule has 0 aliphatic carbocycles. The van der Waals surface area contributed by atoms with Gasteiger partial charge in [-0.1, -0.05) is 12.1 Å². The first-order valence-electron chi connectivity index (χ1n) is 4.25. The molecule has 0 aliphatic rings. The van der Waals surface area contributed by atoms with Gasteiger partial charge in [0.1, 0.15) is 0 Å². The van der Waals surface area contributed by atoms with E-state index in [1.54, 1.807) is 19.1 Å². The summed E-state index contributed by atoms with van der Waals surface area (Å²) in [7, 11) is -3.94. The third kappa shape index (κ3) is 2.89. The lowest BCUT2D eigenvalue weighted by Crippen LogP contribution is -2.14. The number of hydrogen-bond acceptors (Lipinski definition) is 3. The highest BCUT2D eigenvalue weighted by Crippen LogP contribution is 2.41. The normalized spacial score (nSPS) is 14.6. The van der Waals surface area contributed by atoms with Gasteiger partial charge < -0.3 is 9.42 Å². The highest BCUT2D eigenvalue weighted by atomic mass is 35.5. The molecule has 0 fully saturated rings. The molecule has 4 nitrogen and oxygen atoms in total. The van der Waals surface area contributed by atoms with Crippen LogP contribution in [0.3, 0.4) is 0 Å². The van der Waals surface area contributed by atoms with Gasteiger partial charge in [0, 0.05) is 5.56 Å². The molecule has 1 atom stereocenters. The number of carbonyl (C=O) groups excluding carboxylic acids is 1. The number of hydrogen-bond donors (Lipinski definition) is 1. The van der Waals surface area contributed by atoms with E-state index in [2.05, 4.69) is 0 Å². The van der Waals surface area contributed by atoms with Gasteiger partial charge in [0.25, 0.3) is 5.24 Å². The maximum absolute atomic E-state index is 11.7. The van der Waals surface area contributed by atoms with Crippen molar-refractivity contribution >= 4 is 29.7 Å². The highest BCUT2D eigenvalue weighted by molar-refractivity contribution is 7.61. The van der Waals surface area contributed by atoms with Crippen LogP contribution in [0, 0.1) is 0 Å². The fraction of sp³-hybridized carbons (Fsp3) is 0.222. The Morgan fingerprint density at radius 3 is 2.67 bits per heavy atom. The van der Waals surface area contributed by atoms with Gasteiger partial charge >= 0.3 is 7.60 Å². The van der Waals surface area contributed by atoms with E-state index < -0.39 is 12.8 Å². The minimum atomic E-state index is -3.94. The topological polar surface area (TPSA) is 63.6 Å². The summed E-state index contributed by atoms with van der Waals surface area (Å²) in [6.07, 6.45) is 0. The van der Waals surface area contributed by atoms with Crippen molar-refractivity contribution in [2.24, 2.45) is 0 Å². The molecule has 0 radical (unpaired) electrons. The van der Waals surface area contributed by atoms with Gasteiger partial charge in [0.2, 0.25) is 0 Å². The summed E-state index contributed by atoms with van der Waals surface area (Å²) in [5.41, 5.74) is -0.00144. The van der Waals surface area contributed by atoms with Gasteiger partial charge in [-0.15, -0.1) is 0 Å². The molecular weight excluding hydrogens is 239 g/mol. The molecule has 82 valence electrons. The van der Waals surface area contributed by atoms with Gasteiger partial charge in [0.05, 0.1) is 11.9 Å². The number of carbonyl (C=O) groups is 1. The number of halogens is 1. The van der Waals surface area contributed by atoms with Crippen LogP contribution in [0.25, 0.3) is 0 Å². The van der Waals surface area contributed by atoms with E-state index in [9.17, 15) is 14.3 Å². The largest absolute Gasteiger partial charge is 0.359 e. The zero-order chi connectivity index (χ0) is 11.5. The van der Waals surface area contributed by atoms with Gasteiger partial charge in [-0.25, -0.2) is 0 Å². The van der Waals surface area contributed by atoms with E-state index in [4.69, 9.17) is 16.1 Å². The molecule has 0 amide bonds. The van der Waals surface area contributed by atoms with Gasteiger partial charge in [0.15, 0.2) is 0 Å². The Kier molecular flexibility index (Phi) is 4.05. The smallest absolute Gasteiger partial charge is 0.321 e. The average Bonchev–Trinajstić information content (AvgIpc) is 2.17. The fourth-order valence-electron chi connectivity index (χ4n) is 1.13. The Labute approximate surface area is 92.4 Å². The molecule has 6 heteroatoms.